The van der Waals surface area contributed by atoms with Crippen LogP contribution in [0.25, 0.3) is 0 Å². The SMILES string of the molecule is COC(=O)c1ccc(CNC(C)c2cccc(Cl)c2)[nH]1. The third kappa shape index (κ3) is 3.62. The molecule has 4 nitrogen and oxygen atoms in total. The number of halogens is 1. The highest BCUT2D eigenvalue weighted by Gasteiger charge is 2.09. The van der Waals surface area contributed by atoms with E-state index in [0.717, 1.165) is 16.3 Å². The van der Waals surface area contributed by atoms with Gasteiger partial charge in [-0.2, -0.15) is 0 Å². The van der Waals surface area contributed by atoms with Gasteiger partial charge in [-0.25, -0.2) is 4.79 Å². The molecule has 0 saturated heterocycles. The van der Waals surface area contributed by atoms with Gasteiger partial charge in [0.25, 0.3) is 0 Å². The third-order valence-electron chi connectivity index (χ3n) is 3.10. The number of esters is 1. The van der Waals surface area contributed by atoms with Crippen molar-refractivity contribution in [2.45, 2.75) is 19.5 Å². The number of ether oxygens (including phenoxy) is 1. The van der Waals surface area contributed by atoms with Gasteiger partial charge < -0.3 is 15.0 Å². The van der Waals surface area contributed by atoms with Crippen molar-refractivity contribution in [2.24, 2.45) is 0 Å². The number of hydrogen-bond donors (Lipinski definition) is 2. The van der Waals surface area contributed by atoms with E-state index >= 15 is 0 Å². The fourth-order valence-corrected chi connectivity index (χ4v) is 2.13. The van der Waals surface area contributed by atoms with Crippen molar-refractivity contribution in [2.75, 3.05) is 7.11 Å². The predicted octanol–water partition coefficient (Wildman–Crippen LogP) is 3.31. The van der Waals surface area contributed by atoms with E-state index in [0.29, 0.717) is 12.2 Å². The quantitative estimate of drug-likeness (QED) is 0.831. The maximum absolute atomic E-state index is 11.3. The highest BCUT2D eigenvalue weighted by atomic mass is 35.5. The zero-order valence-corrected chi connectivity index (χ0v) is 12.2. The van der Waals surface area contributed by atoms with Crippen LogP contribution in [0, 0.1) is 0 Å². The summed E-state index contributed by atoms with van der Waals surface area (Å²) in [5, 5.41) is 4.10. The largest absolute Gasteiger partial charge is 0.464 e. The average Bonchev–Trinajstić information content (AvgIpc) is 2.92. The van der Waals surface area contributed by atoms with Crippen LogP contribution < -0.4 is 5.32 Å². The van der Waals surface area contributed by atoms with Crippen molar-refractivity contribution >= 4 is 17.6 Å². The van der Waals surface area contributed by atoms with Crippen LogP contribution in [0.2, 0.25) is 5.02 Å². The van der Waals surface area contributed by atoms with Crippen LogP contribution in [0.4, 0.5) is 0 Å². The number of carbonyl (C=O) groups excluding carboxylic acids is 1. The third-order valence-corrected chi connectivity index (χ3v) is 3.33. The van der Waals surface area contributed by atoms with Crippen molar-refractivity contribution in [3.05, 3.63) is 58.4 Å². The molecule has 0 saturated carbocycles. The lowest BCUT2D eigenvalue weighted by molar-refractivity contribution is 0.0594. The Kier molecular flexibility index (Phi) is 4.82. The summed E-state index contributed by atoms with van der Waals surface area (Å²) in [5.74, 6) is -0.362. The van der Waals surface area contributed by atoms with Crippen LogP contribution in [0.3, 0.4) is 0 Å². The minimum atomic E-state index is -0.362. The number of methoxy groups -OCH3 is 1. The second-order valence-electron chi connectivity index (χ2n) is 4.55. The molecule has 106 valence electrons. The van der Waals surface area contributed by atoms with Gasteiger partial charge >= 0.3 is 5.97 Å². The number of aromatic amines is 1. The lowest BCUT2D eigenvalue weighted by atomic mass is 10.1. The number of carbonyl (C=O) groups is 1. The van der Waals surface area contributed by atoms with E-state index in [9.17, 15) is 4.79 Å². The Morgan fingerprint density at radius 2 is 2.20 bits per heavy atom. The van der Waals surface area contributed by atoms with Crippen LogP contribution in [0.15, 0.2) is 36.4 Å². The molecule has 1 heterocycles. The van der Waals surface area contributed by atoms with Gasteiger partial charge in [0.15, 0.2) is 0 Å². The summed E-state index contributed by atoms with van der Waals surface area (Å²) in [5.41, 5.74) is 2.51. The Balaban J connectivity index is 1.95. The van der Waals surface area contributed by atoms with Gasteiger partial charge in [-0.3, -0.25) is 0 Å². The summed E-state index contributed by atoms with van der Waals surface area (Å²) in [4.78, 5) is 14.4. The van der Waals surface area contributed by atoms with E-state index < -0.39 is 0 Å². The smallest absolute Gasteiger partial charge is 0.354 e. The maximum Gasteiger partial charge on any atom is 0.354 e. The molecular weight excluding hydrogens is 276 g/mol. The first-order chi connectivity index (χ1) is 9.60. The fraction of sp³-hybridized carbons (Fsp3) is 0.267. The molecule has 20 heavy (non-hydrogen) atoms. The number of rotatable bonds is 5. The second kappa shape index (κ2) is 6.59. The molecule has 1 unspecified atom stereocenters. The van der Waals surface area contributed by atoms with Crippen molar-refractivity contribution in [1.29, 1.82) is 0 Å². The van der Waals surface area contributed by atoms with Gasteiger partial charge in [0.05, 0.1) is 7.11 Å². The molecule has 0 fully saturated rings. The topological polar surface area (TPSA) is 54.1 Å². The summed E-state index contributed by atoms with van der Waals surface area (Å²) in [6.45, 7) is 2.69. The summed E-state index contributed by atoms with van der Waals surface area (Å²) in [7, 11) is 1.36. The van der Waals surface area contributed by atoms with Crippen LogP contribution in [-0.2, 0) is 11.3 Å². The average molecular weight is 293 g/mol. The Bertz CT molecular complexity index is 595. The molecule has 2 rings (SSSR count). The first-order valence-electron chi connectivity index (χ1n) is 6.35. The lowest BCUT2D eigenvalue weighted by Crippen LogP contribution is -2.18. The number of hydrogen-bond acceptors (Lipinski definition) is 3. The van der Waals surface area contributed by atoms with E-state index in [-0.39, 0.29) is 12.0 Å². The van der Waals surface area contributed by atoms with Gasteiger partial charge in [-0.15, -0.1) is 0 Å². The zero-order valence-electron chi connectivity index (χ0n) is 11.4. The van der Waals surface area contributed by atoms with Gasteiger partial charge in [-0.05, 0) is 36.8 Å². The van der Waals surface area contributed by atoms with E-state index in [2.05, 4.69) is 22.0 Å². The van der Waals surface area contributed by atoms with E-state index in [1.165, 1.54) is 7.11 Å². The van der Waals surface area contributed by atoms with E-state index in [4.69, 9.17) is 11.6 Å². The van der Waals surface area contributed by atoms with Crippen molar-refractivity contribution in [3.8, 4) is 0 Å². The molecule has 1 atom stereocenters. The summed E-state index contributed by atoms with van der Waals surface area (Å²) in [6.07, 6.45) is 0. The summed E-state index contributed by atoms with van der Waals surface area (Å²) in [6, 6.07) is 11.5. The van der Waals surface area contributed by atoms with Crippen LogP contribution in [0.5, 0.6) is 0 Å². The minimum Gasteiger partial charge on any atom is -0.464 e. The molecule has 0 radical (unpaired) electrons. The highest BCUT2D eigenvalue weighted by molar-refractivity contribution is 6.30. The Morgan fingerprint density at radius 1 is 1.40 bits per heavy atom. The van der Waals surface area contributed by atoms with Gasteiger partial charge in [0.2, 0.25) is 0 Å². The number of aromatic nitrogens is 1. The van der Waals surface area contributed by atoms with Gasteiger partial charge in [0.1, 0.15) is 5.69 Å². The first kappa shape index (κ1) is 14.6. The second-order valence-corrected chi connectivity index (χ2v) is 4.98. The molecule has 0 bridgehead atoms. The zero-order chi connectivity index (χ0) is 14.5. The molecule has 0 aliphatic heterocycles. The standard InChI is InChI=1S/C15H17ClN2O2/c1-10(11-4-3-5-12(16)8-11)17-9-13-6-7-14(18-13)15(19)20-2/h3-8,10,17-18H,9H2,1-2H3. The molecule has 1 aromatic carbocycles. The summed E-state index contributed by atoms with van der Waals surface area (Å²) >= 11 is 5.97. The normalized spacial score (nSPS) is 12.2. The molecule has 2 aromatic rings. The van der Waals surface area contributed by atoms with Crippen molar-refractivity contribution < 1.29 is 9.53 Å². The molecular formula is C15H17ClN2O2. The van der Waals surface area contributed by atoms with Crippen molar-refractivity contribution in [3.63, 3.8) is 0 Å². The maximum atomic E-state index is 11.3. The molecule has 0 amide bonds. The Morgan fingerprint density at radius 3 is 2.90 bits per heavy atom. The van der Waals surface area contributed by atoms with E-state index in [1.807, 2.05) is 30.3 Å². The lowest BCUT2D eigenvalue weighted by Gasteiger charge is -2.13. The number of H-pyrrole nitrogens is 1. The van der Waals surface area contributed by atoms with Crippen molar-refractivity contribution in [1.82, 2.24) is 10.3 Å². The Hall–Kier alpha value is -1.78. The fourth-order valence-electron chi connectivity index (χ4n) is 1.93. The molecule has 5 heteroatoms. The predicted molar refractivity (Wildman–Crippen MR) is 78.8 cm³/mol. The van der Waals surface area contributed by atoms with Gasteiger partial charge in [0, 0.05) is 23.3 Å². The molecule has 2 N–H and O–H groups in total. The van der Waals surface area contributed by atoms with Gasteiger partial charge in [-0.1, -0.05) is 23.7 Å². The van der Waals surface area contributed by atoms with Crippen LogP contribution in [0.1, 0.15) is 34.7 Å². The Labute approximate surface area is 123 Å². The molecule has 0 aliphatic carbocycles. The first-order valence-corrected chi connectivity index (χ1v) is 6.73. The molecule has 0 spiro atoms. The summed E-state index contributed by atoms with van der Waals surface area (Å²) < 4.78 is 4.65. The molecule has 1 aromatic heterocycles. The highest BCUT2D eigenvalue weighted by Crippen LogP contribution is 2.17. The minimum absolute atomic E-state index is 0.165. The van der Waals surface area contributed by atoms with Crippen LogP contribution >= 0.6 is 11.6 Å². The molecule has 0 aliphatic rings. The van der Waals surface area contributed by atoms with Crippen LogP contribution in [-0.4, -0.2) is 18.1 Å². The van der Waals surface area contributed by atoms with E-state index in [1.54, 1.807) is 6.07 Å². The number of nitrogens with one attached hydrogen (secondary N) is 2. The number of benzene rings is 1. The monoisotopic (exact) mass is 292 g/mol.